The van der Waals surface area contributed by atoms with E-state index in [-0.39, 0.29) is 17.1 Å². The average Bonchev–Trinajstić information content (AvgIpc) is 2.73. The lowest BCUT2D eigenvalue weighted by molar-refractivity contribution is 0.136. The van der Waals surface area contributed by atoms with Gasteiger partial charge in [-0.05, 0) is 31.4 Å². The fourth-order valence-corrected chi connectivity index (χ4v) is 4.40. The molecule has 0 bridgehead atoms. The van der Waals surface area contributed by atoms with Crippen LogP contribution in [0.1, 0.15) is 37.9 Å². The van der Waals surface area contributed by atoms with Crippen molar-refractivity contribution in [3.05, 3.63) is 51.4 Å². The number of carboxylic acid groups (broad SMARTS) is 1. The molecule has 4 rings (SSSR count). The van der Waals surface area contributed by atoms with Crippen LogP contribution >= 0.6 is 11.6 Å². The van der Waals surface area contributed by atoms with Crippen LogP contribution in [0.3, 0.4) is 0 Å². The van der Waals surface area contributed by atoms with Crippen molar-refractivity contribution in [1.82, 2.24) is 24.4 Å². The van der Waals surface area contributed by atoms with E-state index in [1.165, 1.54) is 4.90 Å². The molecule has 9 nitrogen and oxygen atoms in total. The van der Waals surface area contributed by atoms with Crippen LogP contribution in [0, 0.1) is 6.92 Å². The molecule has 1 fully saturated rings. The molecular formula is C22H25ClN6O3. The Morgan fingerprint density at radius 2 is 2.03 bits per heavy atom. The predicted molar refractivity (Wildman–Crippen MR) is 123 cm³/mol. The normalized spacial score (nSPS) is 16.8. The van der Waals surface area contributed by atoms with Gasteiger partial charge in [-0.2, -0.15) is 4.98 Å². The molecule has 3 aromatic rings. The maximum absolute atomic E-state index is 13.4. The Bertz CT molecular complexity index is 1260. The zero-order valence-corrected chi connectivity index (χ0v) is 19.2. The van der Waals surface area contributed by atoms with E-state index < -0.39 is 11.8 Å². The summed E-state index contributed by atoms with van der Waals surface area (Å²) < 4.78 is 1.56. The van der Waals surface area contributed by atoms with Crippen LogP contribution in [0.2, 0.25) is 5.15 Å². The number of aromatic nitrogens is 4. The highest BCUT2D eigenvalue weighted by molar-refractivity contribution is 6.30. The van der Waals surface area contributed by atoms with Crippen molar-refractivity contribution >= 4 is 34.4 Å². The molecule has 168 valence electrons. The number of aryl methyl sites for hydroxylation is 1. The van der Waals surface area contributed by atoms with Gasteiger partial charge in [0.1, 0.15) is 11.0 Å². The lowest BCUT2D eigenvalue weighted by Crippen LogP contribution is -2.54. The Hall–Kier alpha value is -3.20. The topological polar surface area (TPSA) is 104 Å². The maximum Gasteiger partial charge on any atom is 0.407 e. The highest BCUT2D eigenvalue weighted by Crippen LogP contribution is 2.31. The standard InChI is InChI=1S/C22H25ClN6O3/c1-12(2)18-19(13(3)5-6-24-18)29-16-9-17(23)25-10-15(16)20(26-21(29)30)28-8-7-27(22(31)32)11-14(28)4/h5-6,9-10,12,14H,7-8,11H2,1-4H3,(H,31,32)/t14-/m0/s1. The fourth-order valence-electron chi connectivity index (χ4n) is 4.25. The molecule has 0 saturated carbocycles. The minimum absolute atomic E-state index is 0.0907. The van der Waals surface area contributed by atoms with Gasteiger partial charge in [0.25, 0.3) is 0 Å². The second kappa shape index (κ2) is 8.38. The lowest BCUT2D eigenvalue weighted by Gasteiger charge is -2.39. The minimum Gasteiger partial charge on any atom is -0.465 e. The Kier molecular flexibility index (Phi) is 5.77. The molecule has 3 aromatic heterocycles. The van der Waals surface area contributed by atoms with Gasteiger partial charge in [-0.1, -0.05) is 25.4 Å². The molecule has 1 amide bonds. The summed E-state index contributed by atoms with van der Waals surface area (Å²) in [6.07, 6.45) is 2.40. The molecule has 0 aromatic carbocycles. The summed E-state index contributed by atoms with van der Waals surface area (Å²) in [6, 6.07) is 3.37. The molecule has 0 aliphatic carbocycles. The number of nitrogens with zero attached hydrogens (tertiary/aromatic N) is 6. The first-order valence-corrected chi connectivity index (χ1v) is 10.9. The van der Waals surface area contributed by atoms with Gasteiger partial charge in [-0.3, -0.25) is 9.55 Å². The molecule has 32 heavy (non-hydrogen) atoms. The van der Waals surface area contributed by atoms with Crippen molar-refractivity contribution in [2.24, 2.45) is 0 Å². The molecule has 1 aliphatic heterocycles. The summed E-state index contributed by atoms with van der Waals surface area (Å²) in [5.74, 6) is 0.573. The Labute approximate surface area is 190 Å². The van der Waals surface area contributed by atoms with Crippen LogP contribution in [-0.2, 0) is 0 Å². The first-order chi connectivity index (χ1) is 15.2. The first kappa shape index (κ1) is 22.0. The van der Waals surface area contributed by atoms with E-state index in [1.54, 1.807) is 23.0 Å². The van der Waals surface area contributed by atoms with Gasteiger partial charge >= 0.3 is 11.8 Å². The second-order valence-corrected chi connectivity index (χ2v) is 8.75. The Morgan fingerprint density at radius 1 is 1.28 bits per heavy atom. The number of pyridine rings is 2. The third-order valence-electron chi connectivity index (χ3n) is 5.82. The van der Waals surface area contributed by atoms with E-state index in [4.69, 9.17) is 11.6 Å². The minimum atomic E-state index is -0.952. The second-order valence-electron chi connectivity index (χ2n) is 8.36. The maximum atomic E-state index is 13.4. The van der Waals surface area contributed by atoms with Crippen molar-refractivity contribution < 1.29 is 9.90 Å². The molecular weight excluding hydrogens is 432 g/mol. The van der Waals surface area contributed by atoms with E-state index in [0.29, 0.717) is 42.0 Å². The molecule has 1 atom stereocenters. The van der Waals surface area contributed by atoms with Crippen molar-refractivity contribution in [3.63, 3.8) is 0 Å². The van der Waals surface area contributed by atoms with E-state index >= 15 is 0 Å². The molecule has 0 radical (unpaired) electrons. The van der Waals surface area contributed by atoms with Crippen molar-refractivity contribution in [2.45, 2.75) is 39.7 Å². The molecule has 0 spiro atoms. The van der Waals surface area contributed by atoms with E-state index in [9.17, 15) is 14.7 Å². The Balaban J connectivity index is 1.96. The SMILES string of the molecule is Cc1ccnc(C(C)C)c1-n1c(=O)nc(N2CCN(C(=O)O)C[C@@H]2C)c2cnc(Cl)cc21. The number of piperazine rings is 1. The molecule has 10 heteroatoms. The quantitative estimate of drug-likeness (QED) is 0.602. The van der Waals surface area contributed by atoms with Crippen LogP contribution in [0.15, 0.2) is 29.3 Å². The zero-order chi connectivity index (χ0) is 23.2. The molecule has 1 aliphatic rings. The Morgan fingerprint density at radius 3 is 2.69 bits per heavy atom. The van der Waals surface area contributed by atoms with Crippen LogP contribution < -0.4 is 10.6 Å². The van der Waals surface area contributed by atoms with Gasteiger partial charge < -0.3 is 14.9 Å². The van der Waals surface area contributed by atoms with Gasteiger partial charge in [-0.25, -0.2) is 14.6 Å². The monoisotopic (exact) mass is 456 g/mol. The highest BCUT2D eigenvalue weighted by atomic mass is 35.5. The smallest absolute Gasteiger partial charge is 0.407 e. The largest absolute Gasteiger partial charge is 0.465 e. The molecule has 1 saturated heterocycles. The van der Waals surface area contributed by atoms with Crippen LogP contribution in [0.5, 0.6) is 0 Å². The van der Waals surface area contributed by atoms with Crippen LogP contribution in [0.25, 0.3) is 16.6 Å². The summed E-state index contributed by atoms with van der Waals surface area (Å²) in [4.78, 5) is 41.4. The van der Waals surface area contributed by atoms with Crippen molar-refractivity contribution in [3.8, 4) is 5.69 Å². The van der Waals surface area contributed by atoms with E-state index in [0.717, 1.165) is 11.3 Å². The summed E-state index contributed by atoms with van der Waals surface area (Å²) in [5, 5.41) is 10.3. The predicted octanol–water partition coefficient (Wildman–Crippen LogP) is 3.45. The average molecular weight is 457 g/mol. The number of halogens is 1. The number of amides is 1. The number of anilines is 1. The van der Waals surface area contributed by atoms with Gasteiger partial charge in [0.2, 0.25) is 0 Å². The summed E-state index contributed by atoms with van der Waals surface area (Å²) in [6.45, 7) is 8.97. The van der Waals surface area contributed by atoms with Crippen molar-refractivity contribution in [2.75, 3.05) is 24.5 Å². The van der Waals surface area contributed by atoms with Crippen molar-refractivity contribution in [1.29, 1.82) is 0 Å². The number of carbonyl (C=O) groups is 1. The molecule has 4 heterocycles. The lowest BCUT2D eigenvalue weighted by atomic mass is 10.0. The molecule has 1 N–H and O–H groups in total. The number of rotatable bonds is 3. The van der Waals surface area contributed by atoms with Gasteiger partial charge in [0.05, 0.1) is 22.3 Å². The highest BCUT2D eigenvalue weighted by Gasteiger charge is 2.30. The van der Waals surface area contributed by atoms with Gasteiger partial charge in [0.15, 0.2) is 0 Å². The first-order valence-electron chi connectivity index (χ1n) is 10.5. The number of fused-ring (bicyclic) bond motifs is 1. The zero-order valence-electron chi connectivity index (χ0n) is 18.4. The summed E-state index contributed by atoms with van der Waals surface area (Å²) >= 11 is 6.25. The number of hydrogen-bond donors (Lipinski definition) is 1. The molecule has 0 unspecified atom stereocenters. The summed E-state index contributed by atoms with van der Waals surface area (Å²) in [5.41, 5.74) is 2.53. The fraction of sp³-hybridized carbons (Fsp3) is 0.409. The van der Waals surface area contributed by atoms with E-state index in [2.05, 4.69) is 15.0 Å². The number of hydrogen-bond acceptors (Lipinski definition) is 6. The van der Waals surface area contributed by atoms with Crippen LogP contribution in [-0.4, -0.2) is 61.3 Å². The third kappa shape index (κ3) is 3.77. The summed E-state index contributed by atoms with van der Waals surface area (Å²) in [7, 11) is 0. The van der Waals surface area contributed by atoms with Gasteiger partial charge in [-0.15, -0.1) is 0 Å². The van der Waals surface area contributed by atoms with Gasteiger partial charge in [0, 0.05) is 44.1 Å². The third-order valence-corrected chi connectivity index (χ3v) is 6.02. The van der Waals surface area contributed by atoms with E-state index in [1.807, 2.05) is 38.7 Å². The van der Waals surface area contributed by atoms with Crippen LogP contribution in [0.4, 0.5) is 10.6 Å².